The Morgan fingerprint density at radius 2 is 0.900 bits per heavy atom. The van der Waals surface area contributed by atoms with Gasteiger partial charge in [-0.2, -0.15) is 0 Å². The highest BCUT2D eigenvalue weighted by Gasteiger charge is 2.14. The highest BCUT2D eigenvalue weighted by Crippen LogP contribution is 2.05. The van der Waals surface area contributed by atoms with Crippen molar-refractivity contribution < 1.29 is 29.6 Å². The standard InChI is InChI=1S/C20H36N4O6/c25-17-9-11-20(28)24(30)16-8-4-2-6-14-22-18(26)10-12-19(27)23(29)15-7-3-1-5-13-21-17/h29-30H,1-16H2,(H,21,25)(H,22,26). The Bertz CT molecular complexity index is 509. The molecular formula is C20H36N4O6. The van der Waals surface area contributed by atoms with Gasteiger partial charge in [0.1, 0.15) is 0 Å². The van der Waals surface area contributed by atoms with Crippen LogP contribution in [0.25, 0.3) is 0 Å². The SMILES string of the molecule is O=C1CCC(=O)N(O)CCCCCCNC(=O)CCC(=O)N(O)CCCCCCN1. The summed E-state index contributed by atoms with van der Waals surface area (Å²) in [6, 6.07) is 0. The Labute approximate surface area is 177 Å². The van der Waals surface area contributed by atoms with Crippen LogP contribution >= 0.6 is 0 Å². The molecule has 0 spiro atoms. The molecule has 0 aromatic carbocycles. The average Bonchev–Trinajstić information content (AvgIpc) is 2.73. The highest BCUT2D eigenvalue weighted by molar-refractivity contribution is 5.83. The predicted octanol–water partition coefficient (Wildman–Crippen LogP) is 1.35. The number of hydrogen-bond donors (Lipinski definition) is 4. The van der Waals surface area contributed by atoms with E-state index in [9.17, 15) is 29.6 Å². The third kappa shape index (κ3) is 12.4. The van der Waals surface area contributed by atoms with Crippen molar-refractivity contribution in [2.45, 2.75) is 77.0 Å². The molecule has 0 saturated carbocycles. The molecule has 1 heterocycles. The third-order valence-electron chi connectivity index (χ3n) is 4.95. The number of rotatable bonds is 0. The van der Waals surface area contributed by atoms with E-state index in [4.69, 9.17) is 0 Å². The Morgan fingerprint density at radius 3 is 1.30 bits per heavy atom. The fourth-order valence-electron chi connectivity index (χ4n) is 3.06. The van der Waals surface area contributed by atoms with Crippen LogP contribution in [0.15, 0.2) is 0 Å². The second kappa shape index (κ2) is 15.6. The number of hydroxylamine groups is 4. The largest absolute Gasteiger partial charge is 0.356 e. The van der Waals surface area contributed by atoms with E-state index >= 15 is 0 Å². The maximum absolute atomic E-state index is 11.9. The van der Waals surface area contributed by atoms with Crippen molar-refractivity contribution in [3.8, 4) is 0 Å². The molecular weight excluding hydrogens is 392 g/mol. The van der Waals surface area contributed by atoms with Crippen molar-refractivity contribution in [1.29, 1.82) is 0 Å². The van der Waals surface area contributed by atoms with E-state index in [-0.39, 0.29) is 50.6 Å². The first-order valence-corrected chi connectivity index (χ1v) is 10.9. The minimum atomic E-state index is -0.463. The van der Waals surface area contributed by atoms with Crippen LogP contribution in [-0.2, 0) is 19.2 Å². The van der Waals surface area contributed by atoms with Gasteiger partial charge in [-0.25, -0.2) is 10.1 Å². The van der Waals surface area contributed by atoms with Gasteiger partial charge in [-0.15, -0.1) is 0 Å². The fraction of sp³-hybridized carbons (Fsp3) is 0.800. The number of amides is 4. The van der Waals surface area contributed by atoms with Crippen LogP contribution in [0.4, 0.5) is 0 Å². The molecule has 172 valence electrons. The average molecular weight is 429 g/mol. The number of hydrogen-bond acceptors (Lipinski definition) is 6. The van der Waals surface area contributed by atoms with E-state index in [0.29, 0.717) is 36.1 Å². The van der Waals surface area contributed by atoms with Crippen LogP contribution in [-0.4, -0.2) is 70.3 Å². The number of nitrogens with zero attached hydrogens (tertiary/aromatic N) is 2. The molecule has 1 aliphatic heterocycles. The zero-order chi connectivity index (χ0) is 22.2. The summed E-state index contributed by atoms with van der Waals surface area (Å²) in [4.78, 5) is 47.3. The first-order valence-electron chi connectivity index (χ1n) is 10.9. The van der Waals surface area contributed by atoms with Gasteiger partial charge in [0.25, 0.3) is 0 Å². The summed E-state index contributed by atoms with van der Waals surface area (Å²) in [6.07, 6.45) is 6.01. The lowest BCUT2D eigenvalue weighted by Gasteiger charge is -2.15. The van der Waals surface area contributed by atoms with Gasteiger partial charge in [-0.1, -0.05) is 25.7 Å². The van der Waals surface area contributed by atoms with Gasteiger partial charge in [-0.3, -0.25) is 29.6 Å². The van der Waals surface area contributed by atoms with Crippen molar-refractivity contribution >= 4 is 23.6 Å². The van der Waals surface area contributed by atoms with Gasteiger partial charge in [0, 0.05) is 51.9 Å². The zero-order valence-corrected chi connectivity index (χ0v) is 17.7. The molecule has 4 amide bonds. The second-order valence-corrected chi connectivity index (χ2v) is 7.56. The van der Waals surface area contributed by atoms with E-state index < -0.39 is 11.8 Å². The van der Waals surface area contributed by atoms with Gasteiger partial charge < -0.3 is 10.6 Å². The van der Waals surface area contributed by atoms with Gasteiger partial charge >= 0.3 is 0 Å². The Morgan fingerprint density at radius 1 is 0.533 bits per heavy atom. The summed E-state index contributed by atoms with van der Waals surface area (Å²) in [5, 5.41) is 26.3. The molecule has 4 N–H and O–H groups in total. The van der Waals surface area contributed by atoms with Gasteiger partial charge in [0.05, 0.1) is 0 Å². The molecule has 10 nitrogen and oxygen atoms in total. The topological polar surface area (TPSA) is 139 Å². The molecule has 0 bridgehead atoms. The quantitative estimate of drug-likeness (QED) is 0.430. The molecule has 0 radical (unpaired) electrons. The van der Waals surface area contributed by atoms with Crippen LogP contribution in [0, 0.1) is 0 Å². The summed E-state index contributed by atoms with van der Waals surface area (Å²) in [5.41, 5.74) is 0. The molecule has 1 saturated heterocycles. The van der Waals surface area contributed by atoms with E-state index in [1.54, 1.807) is 0 Å². The zero-order valence-electron chi connectivity index (χ0n) is 17.7. The first-order chi connectivity index (χ1) is 14.4. The molecule has 0 atom stereocenters. The van der Waals surface area contributed by atoms with E-state index in [1.807, 2.05) is 0 Å². The molecule has 1 fully saturated rings. The van der Waals surface area contributed by atoms with E-state index in [1.165, 1.54) is 0 Å². The number of carbonyl (C=O) groups excluding carboxylic acids is 4. The van der Waals surface area contributed by atoms with Crippen LogP contribution in [0.1, 0.15) is 77.0 Å². The predicted molar refractivity (Wildman–Crippen MR) is 108 cm³/mol. The first kappa shape index (κ1) is 25.8. The van der Waals surface area contributed by atoms with Crippen molar-refractivity contribution in [2.75, 3.05) is 26.2 Å². The molecule has 0 unspecified atom stereocenters. The fourth-order valence-corrected chi connectivity index (χ4v) is 3.06. The van der Waals surface area contributed by atoms with Crippen LogP contribution in [0.3, 0.4) is 0 Å². The molecule has 10 heteroatoms. The summed E-state index contributed by atoms with van der Waals surface area (Å²) >= 11 is 0. The maximum atomic E-state index is 11.9. The van der Waals surface area contributed by atoms with Crippen molar-refractivity contribution in [1.82, 2.24) is 20.8 Å². The normalized spacial score (nSPS) is 21.5. The number of carbonyl (C=O) groups is 4. The molecule has 0 aliphatic carbocycles. The molecule has 0 aromatic rings. The molecule has 1 rings (SSSR count). The number of nitrogens with one attached hydrogen (secondary N) is 2. The maximum Gasteiger partial charge on any atom is 0.246 e. The van der Waals surface area contributed by atoms with E-state index in [0.717, 1.165) is 38.5 Å². The lowest BCUT2D eigenvalue weighted by Crippen LogP contribution is -2.31. The lowest BCUT2D eigenvalue weighted by atomic mass is 10.1. The second-order valence-electron chi connectivity index (χ2n) is 7.56. The molecule has 1 aliphatic rings. The Hall–Kier alpha value is -2.20. The highest BCUT2D eigenvalue weighted by atomic mass is 16.5. The third-order valence-corrected chi connectivity index (χ3v) is 4.95. The van der Waals surface area contributed by atoms with Gasteiger partial charge in [0.2, 0.25) is 23.6 Å². The molecule has 30 heavy (non-hydrogen) atoms. The monoisotopic (exact) mass is 428 g/mol. The van der Waals surface area contributed by atoms with Gasteiger partial charge in [-0.05, 0) is 25.7 Å². The van der Waals surface area contributed by atoms with Crippen molar-refractivity contribution in [3.05, 3.63) is 0 Å². The summed E-state index contributed by atoms with van der Waals surface area (Å²) in [7, 11) is 0. The summed E-state index contributed by atoms with van der Waals surface area (Å²) in [5.74, 6) is -1.37. The van der Waals surface area contributed by atoms with Crippen LogP contribution in [0.2, 0.25) is 0 Å². The van der Waals surface area contributed by atoms with E-state index in [2.05, 4.69) is 10.6 Å². The minimum Gasteiger partial charge on any atom is -0.356 e. The van der Waals surface area contributed by atoms with Crippen molar-refractivity contribution in [2.24, 2.45) is 0 Å². The van der Waals surface area contributed by atoms with Crippen LogP contribution < -0.4 is 10.6 Å². The Balaban J connectivity index is 2.42. The smallest absolute Gasteiger partial charge is 0.246 e. The lowest BCUT2D eigenvalue weighted by molar-refractivity contribution is -0.166. The summed E-state index contributed by atoms with van der Waals surface area (Å²) < 4.78 is 0. The minimum absolute atomic E-state index is 0.0330. The molecule has 0 aromatic heterocycles. The summed E-state index contributed by atoms with van der Waals surface area (Å²) in [6.45, 7) is 1.42. The van der Waals surface area contributed by atoms with Gasteiger partial charge in [0.15, 0.2) is 0 Å². The Kier molecular flexibility index (Phi) is 13.4. The van der Waals surface area contributed by atoms with Crippen LogP contribution in [0.5, 0.6) is 0 Å². The van der Waals surface area contributed by atoms with Crippen molar-refractivity contribution in [3.63, 3.8) is 0 Å².